The third kappa shape index (κ3) is 1.66. The van der Waals surface area contributed by atoms with Crippen LogP contribution in [0.4, 0.5) is 5.69 Å². The van der Waals surface area contributed by atoms with E-state index in [9.17, 15) is 0 Å². The monoisotopic (exact) mass is 181 g/mol. The van der Waals surface area contributed by atoms with Crippen molar-refractivity contribution < 1.29 is 0 Å². The van der Waals surface area contributed by atoms with E-state index in [0.717, 1.165) is 12.2 Å². The van der Waals surface area contributed by atoms with Crippen LogP contribution in [0.2, 0.25) is 5.15 Å². The zero-order valence-electron chi connectivity index (χ0n) is 6.63. The Bertz CT molecular complexity index is 317. The summed E-state index contributed by atoms with van der Waals surface area (Å²) in [5.41, 5.74) is 1.14. The Kier molecular flexibility index (Phi) is 2.89. The first-order valence-electron chi connectivity index (χ1n) is 3.58. The molecule has 0 aliphatic carbocycles. The van der Waals surface area contributed by atoms with Gasteiger partial charge in [0.05, 0.1) is 5.69 Å². The van der Waals surface area contributed by atoms with Crippen molar-refractivity contribution >= 4 is 17.3 Å². The van der Waals surface area contributed by atoms with Gasteiger partial charge in [-0.3, -0.25) is 0 Å². The van der Waals surface area contributed by atoms with Crippen LogP contribution in [-0.4, -0.2) is 11.5 Å². The number of nitrogens with one attached hydrogen (secondary N) is 1. The maximum absolute atomic E-state index is 8.71. The van der Waals surface area contributed by atoms with E-state index in [1.165, 1.54) is 0 Å². The molecule has 0 aromatic carbocycles. The normalized spacial score (nSPS) is 9.08. The highest BCUT2D eigenvalue weighted by Gasteiger charge is 2.05. The summed E-state index contributed by atoms with van der Waals surface area (Å²) in [6, 6.07) is 3.72. The predicted molar refractivity (Wildman–Crippen MR) is 48.1 cm³/mol. The van der Waals surface area contributed by atoms with Crippen LogP contribution < -0.4 is 5.32 Å². The van der Waals surface area contributed by atoms with Gasteiger partial charge in [-0.05, 0) is 13.0 Å². The number of rotatable bonds is 2. The van der Waals surface area contributed by atoms with Crippen molar-refractivity contribution in [2.45, 2.75) is 6.92 Å². The highest BCUT2D eigenvalue weighted by Crippen LogP contribution is 2.20. The molecule has 12 heavy (non-hydrogen) atoms. The van der Waals surface area contributed by atoms with Crippen molar-refractivity contribution in [1.82, 2.24) is 4.98 Å². The topological polar surface area (TPSA) is 48.7 Å². The lowest BCUT2D eigenvalue weighted by molar-refractivity contribution is 1.19. The summed E-state index contributed by atoms with van der Waals surface area (Å²) in [6.45, 7) is 2.71. The van der Waals surface area contributed by atoms with E-state index < -0.39 is 0 Å². The van der Waals surface area contributed by atoms with E-state index >= 15 is 0 Å². The zero-order valence-corrected chi connectivity index (χ0v) is 7.39. The van der Waals surface area contributed by atoms with E-state index in [1.54, 1.807) is 12.3 Å². The minimum Gasteiger partial charge on any atom is -0.384 e. The maximum Gasteiger partial charge on any atom is 0.148 e. The number of halogens is 1. The Balaban J connectivity index is 3.11. The lowest BCUT2D eigenvalue weighted by atomic mass is 10.2. The second kappa shape index (κ2) is 3.93. The minimum atomic E-state index is 0.246. The van der Waals surface area contributed by atoms with Gasteiger partial charge in [-0.1, -0.05) is 11.6 Å². The van der Waals surface area contributed by atoms with Crippen LogP contribution in [0.3, 0.4) is 0 Å². The molecule has 1 rings (SSSR count). The zero-order chi connectivity index (χ0) is 8.97. The molecule has 0 aliphatic heterocycles. The fourth-order valence-electron chi connectivity index (χ4n) is 0.880. The van der Waals surface area contributed by atoms with Gasteiger partial charge in [-0.2, -0.15) is 5.26 Å². The van der Waals surface area contributed by atoms with Gasteiger partial charge in [0, 0.05) is 12.7 Å². The fraction of sp³-hybridized carbons (Fsp3) is 0.250. The molecule has 1 N–H and O–H groups in total. The van der Waals surface area contributed by atoms with Crippen LogP contribution in [0.5, 0.6) is 0 Å². The molecule has 1 heterocycles. The second-order valence-electron chi connectivity index (χ2n) is 2.17. The Hall–Kier alpha value is -1.27. The molecule has 3 nitrogen and oxygen atoms in total. The molecule has 0 aliphatic rings. The summed E-state index contributed by atoms with van der Waals surface area (Å²) in [5, 5.41) is 12.0. The van der Waals surface area contributed by atoms with Gasteiger partial charge < -0.3 is 5.32 Å². The molecule has 0 radical (unpaired) electrons. The average molecular weight is 182 g/mol. The molecule has 4 heteroatoms. The molecular weight excluding hydrogens is 174 g/mol. The summed E-state index contributed by atoms with van der Waals surface area (Å²) >= 11 is 5.69. The molecule has 0 unspecified atom stereocenters. The molecule has 1 aromatic rings. The van der Waals surface area contributed by atoms with Crippen LogP contribution >= 0.6 is 11.6 Å². The van der Waals surface area contributed by atoms with Gasteiger partial charge in [-0.15, -0.1) is 0 Å². The lowest BCUT2D eigenvalue weighted by Gasteiger charge is -2.04. The molecule has 0 saturated heterocycles. The van der Waals surface area contributed by atoms with Gasteiger partial charge in [0.2, 0.25) is 0 Å². The van der Waals surface area contributed by atoms with Gasteiger partial charge in [0.15, 0.2) is 0 Å². The predicted octanol–water partition coefficient (Wildman–Crippen LogP) is 2.04. The molecule has 0 atom stereocenters. The van der Waals surface area contributed by atoms with Gasteiger partial charge in [0.1, 0.15) is 16.8 Å². The molecular formula is C8H8ClN3. The highest BCUT2D eigenvalue weighted by atomic mass is 35.5. The first-order valence-corrected chi connectivity index (χ1v) is 3.96. The third-order valence-electron chi connectivity index (χ3n) is 1.38. The Labute approximate surface area is 76.0 Å². The average Bonchev–Trinajstić information content (AvgIpc) is 2.05. The SMILES string of the molecule is CCNc1ccnc(Cl)c1C#N. The summed E-state index contributed by atoms with van der Waals surface area (Å²) in [4.78, 5) is 3.80. The van der Waals surface area contributed by atoms with Crippen molar-refractivity contribution in [2.75, 3.05) is 11.9 Å². The molecule has 0 saturated carbocycles. The van der Waals surface area contributed by atoms with Crippen LogP contribution in [0, 0.1) is 11.3 Å². The molecule has 1 aromatic heterocycles. The molecule has 62 valence electrons. The van der Waals surface area contributed by atoms with Crippen LogP contribution in [-0.2, 0) is 0 Å². The number of anilines is 1. The third-order valence-corrected chi connectivity index (χ3v) is 1.67. The van der Waals surface area contributed by atoms with Crippen molar-refractivity contribution in [2.24, 2.45) is 0 Å². The molecule has 0 bridgehead atoms. The first-order chi connectivity index (χ1) is 5.79. The Morgan fingerprint density at radius 3 is 3.08 bits per heavy atom. The van der Waals surface area contributed by atoms with Crippen molar-refractivity contribution in [3.63, 3.8) is 0 Å². The number of nitrogens with zero attached hydrogens (tertiary/aromatic N) is 2. The minimum absolute atomic E-state index is 0.246. The van der Waals surface area contributed by atoms with Gasteiger partial charge >= 0.3 is 0 Å². The number of nitriles is 1. The Morgan fingerprint density at radius 1 is 1.75 bits per heavy atom. The summed E-state index contributed by atoms with van der Waals surface area (Å²) in [5.74, 6) is 0. The molecule has 0 fully saturated rings. The van der Waals surface area contributed by atoms with Crippen LogP contribution in [0.25, 0.3) is 0 Å². The van der Waals surface area contributed by atoms with Crippen LogP contribution in [0.1, 0.15) is 12.5 Å². The van der Waals surface area contributed by atoms with Gasteiger partial charge in [0.25, 0.3) is 0 Å². The number of hydrogen-bond acceptors (Lipinski definition) is 3. The molecule has 0 amide bonds. The van der Waals surface area contributed by atoms with E-state index in [-0.39, 0.29) is 5.15 Å². The summed E-state index contributed by atoms with van der Waals surface area (Å²) < 4.78 is 0. The Morgan fingerprint density at radius 2 is 2.50 bits per heavy atom. The van der Waals surface area contributed by atoms with Crippen molar-refractivity contribution in [3.05, 3.63) is 23.0 Å². The highest BCUT2D eigenvalue weighted by molar-refractivity contribution is 6.30. The summed E-state index contributed by atoms with van der Waals surface area (Å²) in [7, 11) is 0. The number of pyridine rings is 1. The van der Waals surface area contributed by atoms with Crippen LogP contribution in [0.15, 0.2) is 12.3 Å². The first kappa shape index (κ1) is 8.82. The van der Waals surface area contributed by atoms with E-state index in [0.29, 0.717) is 5.56 Å². The van der Waals surface area contributed by atoms with E-state index in [2.05, 4.69) is 10.3 Å². The number of aromatic nitrogens is 1. The number of hydrogen-bond donors (Lipinski definition) is 1. The largest absolute Gasteiger partial charge is 0.384 e. The van der Waals surface area contributed by atoms with E-state index in [4.69, 9.17) is 16.9 Å². The van der Waals surface area contributed by atoms with Crippen molar-refractivity contribution in [3.8, 4) is 6.07 Å². The smallest absolute Gasteiger partial charge is 0.148 e. The lowest BCUT2D eigenvalue weighted by Crippen LogP contribution is -1.99. The molecule has 0 spiro atoms. The fourth-order valence-corrected chi connectivity index (χ4v) is 1.08. The van der Waals surface area contributed by atoms with E-state index in [1.807, 2.05) is 13.0 Å². The standard InChI is InChI=1S/C8H8ClN3/c1-2-11-7-3-4-12-8(9)6(7)5-10/h3-4H,2H2,1H3,(H,11,12). The maximum atomic E-state index is 8.71. The quantitative estimate of drug-likeness (QED) is 0.711. The van der Waals surface area contributed by atoms with Crippen molar-refractivity contribution in [1.29, 1.82) is 5.26 Å². The van der Waals surface area contributed by atoms with Gasteiger partial charge in [-0.25, -0.2) is 4.98 Å². The summed E-state index contributed by atoms with van der Waals surface area (Å²) in [6.07, 6.45) is 1.57. The second-order valence-corrected chi connectivity index (χ2v) is 2.52.